The molecule has 29 heavy (non-hydrogen) atoms. The van der Waals surface area contributed by atoms with Gasteiger partial charge >= 0.3 is 0 Å². The highest BCUT2D eigenvalue weighted by Crippen LogP contribution is 2.16. The van der Waals surface area contributed by atoms with Gasteiger partial charge < -0.3 is 9.30 Å². The number of pyridine rings is 1. The predicted octanol–water partition coefficient (Wildman–Crippen LogP) is 3.71. The molecule has 2 aromatic carbocycles. The maximum atomic E-state index is 12.7. The van der Waals surface area contributed by atoms with Gasteiger partial charge in [0.25, 0.3) is 11.5 Å². The zero-order valence-electron chi connectivity index (χ0n) is 15.8. The molecule has 0 radical (unpaired) electrons. The minimum absolute atomic E-state index is 0.00482. The molecule has 6 nitrogen and oxygen atoms in total. The fourth-order valence-corrected chi connectivity index (χ4v) is 2.93. The summed E-state index contributed by atoms with van der Waals surface area (Å²) in [5, 5.41) is 4.52. The average molecular weight is 410 g/mol. The van der Waals surface area contributed by atoms with Crippen LogP contribution in [0, 0.1) is 0 Å². The molecule has 7 heteroatoms. The van der Waals surface area contributed by atoms with E-state index in [-0.39, 0.29) is 12.1 Å². The Morgan fingerprint density at radius 3 is 2.69 bits per heavy atom. The molecule has 0 bridgehead atoms. The van der Waals surface area contributed by atoms with Crippen molar-refractivity contribution in [2.45, 2.75) is 13.5 Å². The molecule has 0 spiro atoms. The summed E-state index contributed by atoms with van der Waals surface area (Å²) in [5.41, 5.74) is 3.48. The minimum Gasteiger partial charge on any atom is -0.493 e. The van der Waals surface area contributed by atoms with Crippen LogP contribution in [0.4, 0.5) is 0 Å². The number of rotatable bonds is 7. The number of amides is 1. The Hall–Kier alpha value is -3.38. The average Bonchev–Trinajstić information content (AvgIpc) is 2.72. The van der Waals surface area contributed by atoms with Crippen molar-refractivity contribution in [3.05, 3.63) is 98.9 Å². The lowest BCUT2D eigenvalue weighted by Gasteiger charge is -2.09. The first-order valence-corrected chi connectivity index (χ1v) is 9.46. The van der Waals surface area contributed by atoms with Gasteiger partial charge in [-0.2, -0.15) is 5.10 Å². The number of carbonyl (C=O) groups excluding carboxylic acids is 1. The second-order valence-electron chi connectivity index (χ2n) is 6.12. The van der Waals surface area contributed by atoms with Crippen LogP contribution in [0.5, 0.6) is 5.75 Å². The van der Waals surface area contributed by atoms with E-state index in [0.29, 0.717) is 17.4 Å². The molecule has 0 saturated heterocycles. The van der Waals surface area contributed by atoms with Crippen molar-refractivity contribution in [3.8, 4) is 5.75 Å². The molecule has 1 N–H and O–H groups in total. The lowest BCUT2D eigenvalue weighted by atomic mass is 10.2. The molecule has 0 aliphatic carbocycles. The van der Waals surface area contributed by atoms with Crippen LogP contribution < -0.4 is 15.7 Å². The summed E-state index contributed by atoms with van der Waals surface area (Å²) in [6.45, 7) is 2.68. The Balaban J connectivity index is 1.75. The smallest absolute Gasteiger partial charge is 0.276 e. The van der Waals surface area contributed by atoms with Crippen LogP contribution in [0.15, 0.2) is 76.8 Å². The number of ether oxygens (including phenoxy) is 1. The zero-order chi connectivity index (χ0) is 20.6. The van der Waals surface area contributed by atoms with Gasteiger partial charge in [-0.3, -0.25) is 9.59 Å². The van der Waals surface area contributed by atoms with E-state index in [2.05, 4.69) is 10.5 Å². The molecule has 148 valence electrons. The number of para-hydroxylation sites is 1. The first kappa shape index (κ1) is 20.4. The van der Waals surface area contributed by atoms with Gasteiger partial charge in [0.2, 0.25) is 0 Å². The molecule has 3 aromatic rings. The van der Waals surface area contributed by atoms with Crippen molar-refractivity contribution in [3.63, 3.8) is 0 Å². The van der Waals surface area contributed by atoms with Gasteiger partial charge in [0.15, 0.2) is 0 Å². The Morgan fingerprint density at radius 2 is 1.90 bits per heavy atom. The largest absolute Gasteiger partial charge is 0.493 e. The molecular formula is C22H20ClN3O3. The normalized spacial score (nSPS) is 10.8. The SMILES string of the molecule is CCOc1ccccc1/C=N\NC(=O)c1cccn(Cc2ccccc2Cl)c1=O. The number of hydrazone groups is 1. The maximum Gasteiger partial charge on any atom is 0.276 e. The number of nitrogens with one attached hydrogen (secondary N) is 1. The van der Waals surface area contributed by atoms with Gasteiger partial charge in [-0.25, -0.2) is 5.43 Å². The molecule has 1 amide bonds. The van der Waals surface area contributed by atoms with Gasteiger partial charge in [-0.1, -0.05) is 41.9 Å². The van der Waals surface area contributed by atoms with Crippen molar-refractivity contribution in [1.82, 2.24) is 9.99 Å². The van der Waals surface area contributed by atoms with Gasteiger partial charge in [-0.05, 0) is 42.8 Å². The molecule has 1 aromatic heterocycles. The summed E-state index contributed by atoms with van der Waals surface area (Å²) in [5.74, 6) is 0.0726. The number of aromatic nitrogens is 1. The molecule has 1 heterocycles. The molecule has 0 aliphatic heterocycles. The topological polar surface area (TPSA) is 72.7 Å². The highest BCUT2D eigenvalue weighted by atomic mass is 35.5. The third-order valence-corrected chi connectivity index (χ3v) is 4.52. The van der Waals surface area contributed by atoms with E-state index in [1.807, 2.05) is 49.4 Å². The number of hydrogen-bond donors (Lipinski definition) is 1. The number of halogens is 1. The summed E-state index contributed by atoms with van der Waals surface area (Å²) < 4.78 is 6.95. The van der Waals surface area contributed by atoms with Gasteiger partial charge in [0, 0.05) is 16.8 Å². The van der Waals surface area contributed by atoms with E-state index < -0.39 is 11.5 Å². The van der Waals surface area contributed by atoms with E-state index in [1.54, 1.807) is 18.3 Å². The highest BCUT2D eigenvalue weighted by Gasteiger charge is 2.12. The minimum atomic E-state index is -0.589. The van der Waals surface area contributed by atoms with Crippen LogP contribution in [0.3, 0.4) is 0 Å². The van der Waals surface area contributed by atoms with Crippen LogP contribution in [-0.2, 0) is 6.54 Å². The van der Waals surface area contributed by atoms with E-state index >= 15 is 0 Å². The number of carbonyl (C=O) groups is 1. The van der Waals surface area contributed by atoms with Crippen LogP contribution in [0.2, 0.25) is 5.02 Å². The lowest BCUT2D eigenvalue weighted by Crippen LogP contribution is -2.31. The maximum absolute atomic E-state index is 12.7. The van der Waals surface area contributed by atoms with E-state index in [1.165, 1.54) is 16.8 Å². The fourth-order valence-electron chi connectivity index (χ4n) is 2.74. The molecule has 3 rings (SSSR count). The van der Waals surface area contributed by atoms with E-state index in [9.17, 15) is 9.59 Å². The van der Waals surface area contributed by atoms with Crippen molar-refractivity contribution >= 4 is 23.7 Å². The van der Waals surface area contributed by atoms with Crippen LogP contribution in [-0.4, -0.2) is 23.3 Å². The second-order valence-corrected chi connectivity index (χ2v) is 6.52. The summed E-state index contributed by atoms with van der Waals surface area (Å²) >= 11 is 6.17. The summed E-state index contributed by atoms with van der Waals surface area (Å²) in [7, 11) is 0. The summed E-state index contributed by atoms with van der Waals surface area (Å²) in [4.78, 5) is 25.1. The van der Waals surface area contributed by atoms with Crippen LogP contribution in [0.1, 0.15) is 28.4 Å². The Kier molecular flexibility index (Phi) is 6.81. The number of benzene rings is 2. The first-order valence-electron chi connectivity index (χ1n) is 9.08. The lowest BCUT2D eigenvalue weighted by molar-refractivity contribution is 0.0953. The van der Waals surface area contributed by atoms with Crippen LogP contribution >= 0.6 is 11.6 Å². The zero-order valence-corrected chi connectivity index (χ0v) is 16.6. The molecular weight excluding hydrogens is 390 g/mol. The van der Waals surface area contributed by atoms with E-state index in [0.717, 1.165) is 11.1 Å². The van der Waals surface area contributed by atoms with Crippen molar-refractivity contribution in [2.24, 2.45) is 5.10 Å². The number of nitrogens with zero attached hydrogens (tertiary/aromatic N) is 2. The predicted molar refractivity (Wildman–Crippen MR) is 114 cm³/mol. The van der Waals surface area contributed by atoms with Crippen molar-refractivity contribution in [1.29, 1.82) is 0 Å². The Morgan fingerprint density at radius 1 is 1.14 bits per heavy atom. The number of hydrogen-bond acceptors (Lipinski definition) is 4. The molecule has 0 saturated carbocycles. The third-order valence-electron chi connectivity index (χ3n) is 4.15. The second kappa shape index (κ2) is 9.71. The highest BCUT2D eigenvalue weighted by molar-refractivity contribution is 6.31. The molecule has 0 unspecified atom stereocenters. The standard InChI is InChI=1S/C22H20ClN3O3/c1-2-29-20-12-6-4-8-16(20)14-24-25-21(27)18-10-7-13-26(22(18)28)15-17-9-3-5-11-19(17)23/h3-14H,2,15H2,1H3,(H,25,27)/b24-14-. The van der Waals surface area contributed by atoms with Crippen molar-refractivity contribution in [2.75, 3.05) is 6.61 Å². The van der Waals surface area contributed by atoms with Crippen molar-refractivity contribution < 1.29 is 9.53 Å². The van der Waals surface area contributed by atoms with E-state index in [4.69, 9.17) is 16.3 Å². The first-order chi connectivity index (χ1) is 14.1. The molecule has 0 fully saturated rings. The Bertz CT molecular complexity index is 1090. The monoisotopic (exact) mass is 409 g/mol. The van der Waals surface area contributed by atoms with Gasteiger partial charge in [0.1, 0.15) is 11.3 Å². The molecule has 0 atom stereocenters. The van der Waals surface area contributed by atoms with Gasteiger partial charge in [-0.15, -0.1) is 0 Å². The van der Waals surface area contributed by atoms with Gasteiger partial charge in [0.05, 0.1) is 19.4 Å². The molecule has 0 aliphatic rings. The summed E-state index contributed by atoms with van der Waals surface area (Å²) in [6, 6.07) is 17.7. The van der Waals surface area contributed by atoms with Crippen LogP contribution in [0.25, 0.3) is 0 Å². The fraction of sp³-hybridized carbons (Fsp3) is 0.136. The quantitative estimate of drug-likeness (QED) is 0.477. The Labute approximate surface area is 173 Å². The summed E-state index contributed by atoms with van der Waals surface area (Å²) in [6.07, 6.45) is 3.10. The third kappa shape index (κ3) is 5.12.